The lowest BCUT2D eigenvalue weighted by Crippen LogP contribution is -2.23. The van der Waals surface area contributed by atoms with E-state index in [1.165, 1.54) is 6.07 Å². The predicted octanol–water partition coefficient (Wildman–Crippen LogP) is 5.33. The minimum Gasteiger partial charge on any atom is -0.306 e. The lowest BCUT2D eigenvalue weighted by atomic mass is 9.98. The van der Waals surface area contributed by atoms with Gasteiger partial charge in [-0.1, -0.05) is 36.7 Å². The van der Waals surface area contributed by atoms with E-state index in [1.54, 1.807) is 12.1 Å². The largest absolute Gasteiger partial charge is 0.306 e. The molecule has 0 saturated heterocycles. The van der Waals surface area contributed by atoms with Gasteiger partial charge in [0.15, 0.2) is 0 Å². The van der Waals surface area contributed by atoms with Gasteiger partial charge in [0.1, 0.15) is 5.82 Å². The van der Waals surface area contributed by atoms with Crippen LogP contribution in [-0.4, -0.2) is 6.54 Å². The van der Waals surface area contributed by atoms with Gasteiger partial charge in [-0.2, -0.15) is 0 Å². The van der Waals surface area contributed by atoms with E-state index in [0.29, 0.717) is 5.02 Å². The van der Waals surface area contributed by atoms with Crippen LogP contribution in [0.15, 0.2) is 46.9 Å². The minimum absolute atomic E-state index is 0.0590. The minimum atomic E-state index is -0.228. The Morgan fingerprint density at radius 2 is 1.95 bits per heavy atom. The summed E-state index contributed by atoms with van der Waals surface area (Å²) in [6, 6.07) is 12.4. The van der Waals surface area contributed by atoms with Gasteiger partial charge in [0, 0.05) is 4.47 Å². The Bertz CT molecular complexity index is 588. The highest BCUT2D eigenvalue weighted by molar-refractivity contribution is 9.10. The molecular weight excluding hydrogens is 341 g/mol. The third kappa shape index (κ3) is 3.81. The van der Waals surface area contributed by atoms with Crippen LogP contribution in [-0.2, 0) is 0 Å². The summed E-state index contributed by atoms with van der Waals surface area (Å²) in [5, 5.41) is 4.09. The lowest BCUT2D eigenvalue weighted by molar-refractivity contribution is 0.585. The number of nitrogens with one attached hydrogen (secondary N) is 1. The summed E-state index contributed by atoms with van der Waals surface area (Å²) in [4.78, 5) is 0. The first-order chi connectivity index (χ1) is 9.61. The van der Waals surface area contributed by atoms with E-state index in [9.17, 15) is 4.39 Å². The molecule has 0 aliphatic heterocycles. The summed E-state index contributed by atoms with van der Waals surface area (Å²) in [6.07, 6.45) is 1.01. The fourth-order valence-corrected chi connectivity index (χ4v) is 2.53. The quantitative estimate of drug-likeness (QED) is 0.763. The summed E-state index contributed by atoms with van der Waals surface area (Å²) in [5.41, 5.74) is 1.93. The molecule has 1 nitrogen and oxygen atoms in total. The third-order valence-corrected chi connectivity index (χ3v) is 4.29. The first-order valence-corrected chi connectivity index (χ1v) is 7.72. The molecule has 106 valence electrons. The first kappa shape index (κ1) is 15.5. The predicted molar refractivity (Wildman–Crippen MR) is 85.7 cm³/mol. The fourth-order valence-electron chi connectivity index (χ4n) is 2.09. The van der Waals surface area contributed by atoms with Crippen molar-refractivity contribution in [2.75, 3.05) is 6.54 Å². The molecule has 0 radical (unpaired) electrons. The Kier molecular flexibility index (Phi) is 5.58. The monoisotopic (exact) mass is 355 g/mol. The Hall–Kier alpha value is -0.900. The highest BCUT2D eigenvalue weighted by Crippen LogP contribution is 2.29. The molecule has 0 saturated carbocycles. The summed E-state index contributed by atoms with van der Waals surface area (Å²) >= 11 is 9.55. The van der Waals surface area contributed by atoms with Crippen LogP contribution in [0.3, 0.4) is 0 Å². The van der Waals surface area contributed by atoms with Gasteiger partial charge in [-0.3, -0.25) is 0 Å². The van der Waals surface area contributed by atoms with Gasteiger partial charge < -0.3 is 5.32 Å². The second kappa shape index (κ2) is 7.21. The number of benzene rings is 2. The number of hydrogen-bond donors (Lipinski definition) is 1. The normalized spacial score (nSPS) is 12.4. The van der Waals surface area contributed by atoms with Crippen LogP contribution in [0.1, 0.15) is 30.5 Å². The lowest BCUT2D eigenvalue weighted by Gasteiger charge is -2.20. The zero-order chi connectivity index (χ0) is 14.5. The maximum absolute atomic E-state index is 13.4. The Balaban J connectivity index is 2.38. The topological polar surface area (TPSA) is 12.0 Å². The maximum Gasteiger partial charge on any atom is 0.123 e. The summed E-state index contributed by atoms with van der Waals surface area (Å²) in [7, 11) is 0. The van der Waals surface area contributed by atoms with Crippen molar-refractivity contribution in [2.24, 2.45) is 0 Å². The molecule has 4 heteroatoms. The Morgan fingerprint density at radius 3 is 2.60 bits per heavy atom. The summed E-state index contributed by atoms with van der Waals surface area (Å²) in [5.74, 6) is -0.228. The van der Waals surface area contributed by atoms with Crippen LogP contribution in [0.5, 0.6) is 0 Å². The molecule has 2 rings (SSSR count). The van der Waals surface area contributed by atoms with E-state index in [-0.39, 0.29) is 11.9 Å². The summed E-state index contributed by atoms with van der Waals surface area (Å²) in [6.45, 7) is 2.96. The average molecular weight is 357 g/mol. The molecule has 0 amide bonds. The van der Waals surface area contributed by atoms with E-state index < -0.39 is 0 Å². The molecule has 0 spiro atoms. The van der Waals surface area contributed by atoms with Gasteiger partial charge in [-0.25, -0.2) is 4.39 Å². The second-order valence-electron chi connectivity index (χ2n) is 4.62. The molecule has 0 aliphatic rings. The van der Waals surface area contributed by atoms with Crippen molar-refractivity contribution in [2.45, 2.75) is 19.4 Å². The molecule has 1 unspecified atom stereocenters. The van der Waals surface area contributed by atoms with E-state index >= 15 is 0 Å². The van der Waals surface area contributed by atoms with E-state index in [0.717, 1.165) is 28.6 Å². The van der Waals surface area contributed by atoms with Crippen molar-refractivity contribution in [3.8, 4) is 0 Å². The van der Waals surface area contributed by atoms with Crippen LogP contribution < -0.4 is 5.32 Å². The first-order valence-electron chi connectivity index (χ1n) is 6.55. The molecule has 0 heterocycles. The average Bonchev–Trinajstić information content (AvgIpc) is 2.43. The molecule has 0 aliphatic carbocycles. The van der Waals surface area contributed by atoms with Crippen LogP contribution >= 0.6 is 27.5 Å². The van der Waals surface area contributed by atoms with Crippen molar-refractivity contribution < 1.29 is 4.39 Å². The number of halogens is 3. The maximum atomic E-state index is 13.4. The fraction of sp³-hybridized carbons (Fsp3) is 0.250. The van der Waals surface area contributed by atoms with Gasteiger partial charge in [-0.15, -0.1) is 0 Å². The standard InChI is InChI=1S/C16H16BrClFN/c1-2-8-20-16(11-4-3-5-13(19)9-11)12-6-7-14(17)15(18)10-12/h3-7,9-10,16,20H,2,8H2,1H3. The Labute approximate surface area is 132 Å². The van der Waals surface area contributed by atoms with Crippen LogP contribution in [0, 0.1) is 5.82 Å². The van der Waals surface area contributed by atoms with Gasteiger partial charge in [0.05, 0.1) is 11.1 Å². The SMILES string of the molecule is CCCNC(c1cccc(F)c1)c1ccc(Br)c(Cl)c1. The van der Waals surface area contributed by atoms with E-state index in [1.807, 2.05) is 24.3 Å². The van der Waals surface area contributed by atoms with Gasteiger partial charge >= 0.3 is 0 Å². The van der Waals surface area contributed by atoms with Crippen molar-refractivity contribution in [1.82, 2.24) is 5.32 Å². The summed E-state index contributed by atoms with van der Waals surface area (Å²) < 4.78 is 14.3. The number of rotatable bonds is 5. The smallest absolute Gasteiger partial charge is 0.123 e. The second-order valence-corrected chi connectivity index (χ2v) is 5.88. The molecule has 2 aromatic carbocycles. The van der Waals surface area contributed by atoms with Crippen LogP contribution in [0.25, 0.3) is 0 Å². The molecular formula is C16H16BrClFN. The van der Waals surface area contributed by atoms with Crippen molar-refractivity contribution >= 4 is 27.5 Å². The molecule has 1 N–H and O–H groups in total. The van der Waals surface area contributed by atoms with E-state index in [4.69, 9.17) is 11.6 Å². The molecule has 1 atom stereocenters. The third-order valence-electron chi connectivity index (χ3n) is 3.06. The zero-order valence-corrected chi connectivity index (χ0v) is 13.5. The Morgan fingerprint density at radius 1 is 1.20 bits per heavy atom. The highest BCUT2D eigenvalue weighted by Gasteiger charge is 2.15. The van der Waals surface area contributed by atoms with Crippen molar-refractivity contribution in [1.29, 1.82) is 0 Å². The van der Waals surface area contributed by atoms with Gasteiger partial charge in [-0.05, 0) is 64.3 Å². The van der Waals surface area contributed by atoms with Crippen molar-refractivity contribution in [3.63, 3.8) is 0 Å². The van der Waals surface area contributed by atoms with Crippen LogP contribution in [0.4, 0.5) is 4.39 Å². The molecule has 0 bridgehead atoms. The molecule has 0 fully saturated rings. The number of hydrogen-bond acceptors (Lipinski definition) is 1. The van der Waals surface area contributed by atoms with Gasteiger partial charge in [0.25, 0.3) is 0 Å². The van der Waals surface area contributed by atoms with Crippen LogP contribution in [0.2, 0.25) is 5.02 Å². The van der Waals surface area contributed by atoms with E-state index in [2.05, 4.69) is 28.2 Å². The van der Waals surface area contributed by atoms with Crippen molar-refractivity contribution in [3.05, 3.63) is 68.9 Å². The zero-order valence-electron chi connectivity index (χ0n) is 11.2. The molecule has 2 aromatic rings. The molecule has 20 heavy (non-hydrogen) atoms. The molecule has 0 aromatic heterocycles. The van der Waals surface area contributed by atoms with Gasteiger partial charge in [0.2, 0.25) is 0 Å². The highest BCUT2D eigenvalue weighted by atomic mass is 79.9.